The molecule has 0 aliphatic heterocycles. The second-order valence-electron chi connectivity index (χ2n) is 9.28. The number of alkyl carbamates (subject to hydrolysis) is 1. The molecule has 2 aromatic carbocycles. The number of para-hydroxylation sites is 1. The van der Waals surface area contributed by atoms with E-state index in [9.17, 15) is 14.4 Å². The molecule has 180 valence electrons. The third-order valence-corrected chi connectivity index (χ3v) is 5.07. The maximum atomic E-state index is 13.6. The predicted molar refractivity (Wildman–Crippen MR) is 133 cm³/mol. The first-order chi connectivity index (χ1) is 15.8. The van der Waals surface area contributed by atoms with Crippen LogP contribution in [0, 0.1) is 33.2 Å². The van der Waals surface area contributed by atoms with E-state index in [1.54, 1.807) is 39.0 Å². The van der Waals surface area contributed by atoms with Crippen molar-refractivity contribution in [2.75, 3.05) is 5.32 Å². The summed E-state index contributed by atoms with van der Waals surface area (Å²) < 4.78 is 5.23. The van der Waals surface area contributed by atoms with Crippen LogP contribution >= 0.6 is 0 Å². The van der Waals surface area contributed by atoms with Crippen molar-refractivity contribution in [1.82, 2.24) is 10.2 Å². The lowest BCUT2D eigenvalue weighted by Crippen LogP contribution is -2.49. The standard InChI is InChI=1S/C27H33N3O4/c1-9-30(25(32)20(5)28-26(33)34-27(6,7)8)23(21-15-10-12-17(2)16-21)24(31)29-22-18(3)13-11-14-19(22)4/h1,10-16,20,23H,2-8H3,(H,28,33)(H,29,31). The van der Waals surface area contributed by atoms with Gasteiger partial charge in [-0.15, -0.1) is 0 Å². The Morgan fingerprint density at radius 3 is 2.15 bits per heavy atom. The normalized spacial score (nSPS) is 12.6. The zero-order valence-electron chi connectivity index (χ0n) is 20.9. The molecule has 0 saturated carbocycles. The first-order valence-corrected chi connectivity index (χ1v) is 11.1. The number of ether oxygens (including phenoxy) is 1. The van der Waals surface area contributed by atoms with E-state index in [-0.39, 0.29) is 0 Å². The molecular formula is C27H33N3O4. The molecule has 3 amide bonds. The summed E-state index contributed by atoms with van der Waals surface area (Å²) in [6.45, 7) is 12.3. The number of hydrogen-bond donors (Lipinski definition) is 2. The van der Waals surface area contributed by atoms with Gasteiger partial charge >= 0.3 is 6.09 Å². The quantitative estimate of drug-likeness (QED) is 0.483. The highest BCUT2D eigenvalue weighted by molar-refractivity contribution is 6.00. The molecular weight excluding hydrogens is 430 g/mol. The fraction of sp³-hybridized carbons (Fsp3) is 0.370. The lowest BCUT2D eigenvalue weighted by atomic mass is 10.0. The molecule has 7 nitrogen and oxygen atoms in total. The van der Waals surface area contributed by atoms with Crippen molar-refractivity contribution < 1.29 is 19.1 Å². The Kier molecular flexibility index (Phi) is 8.47. The number of aryl methyl sites for hydroxylation is 3. The molecule has 2 rings (SSSR count). The first-order valence-electron chi connectivity index (χ1n) is 11.1. The molecule has 2 N–H and O–H groups in total. The van der Waals surface area contributed by atoms with Crippen molar-refractivity contribution in [3.8, 4) is 12.5 Å². The molecule has 0 aliphatic carbocycles. The molecule has 34 heavy (non-hydrogen) atoms. The molecule has 0 saturated heterocycles. The zero-order valence-corrected chi connectivity index (χ0v) is 20.9. The van der Waals surface area contributed by atoms with Gasteiger partial charge in [-0.3, -0.25) is 14.5 Å². The second kappa shape index (κ2) is 10.9. The molecule has 2 unspecified atom stereocenters. The third kappa shape index (κ3) is 6.85. The van der Waals surface area contributed by atoms with Crippen LogP contribution < -0.4 is 10.6 Å². The van der Waals surface area contributed by atoms with Gasteiger partial charge in [0.1, 0.15) is 17.7 Å². The van der Waals surface area contributed by atoms with Gasteiger partial charge in [-0.05, 0) is 65.2 Å². The Hall–Kier alpha value is -3.79. The van der Waals surface area contributed by atoms with Crippen molar-refractivity contribution in [2.45, 2.75) is 66.2 Å². The van der Waals surface area contributed by atoms with Crippen LogP contribution in [0.4, 0.5) is 10.5 Å². The van der Waals surface area contributed by atoms with E-state index in [4.69, 9.17) is 11.2 Å². The number of amides is 3. The molecule has 0 heterocycles. The summed E-state index contributed by atoms with van der Waals surface area (Å²) in [5.41, 5.74) is 3.17. The van der Waals surface area contributed by atoms with E-state index in [0.29, 0.717) is 11.3 Å². The number of carbonyl (C=O) groups excluding carboxylic acids is 3. The topological polar surface area (TPSA) is 87.7 Å². The number of hydrogen-bond acceptors (Lipinski definition) is 4. The van der Waals surface area contributed by atoms with Gasteiger partial charge < -0.3 is 15.4 Å². The van der Waals surface area contributed by atoms with Crippen LogP contribution in [0.3, 0.4) is 0 Å². The van der Waals surface area contributed by atoms with Gasteiger partial charge in [0.05, 0.1) is 0 Å². The van der Waals surface area contributed by atoms with E-state index in [2.05, 4.69) is 16.7 Å². The molecule has 0 bridgehead atoms. The van der Waals surface area contributed by atoms with Gasteiger partial charge in [-0.2, -0.15) is 0 Å². The summed E-state index contributed by atoms with van der Waals surface area (Å²) in [6, 6.07) is 13.1. The Bertz CT molecular complexity index is 1090. The molecule has 0 aliphatic rings. The van der Waals surface area contributed by atoms with Crippen LogP contribution in [-0.4, -0.2) is 34.5 Å². The number of anilines is 1. The Labute approximate surface area is 201 Å². The highest BCUT2D eigenvalue weighted by atomic mass is 16.6. The van der Waals surface area contributed by atoms with Crippen LogP contribution in [0.2, 0.25) is 0 Å². The minimum atomic E-state index is -1.11. The molecule has 2 aromatic rings. The number of rotatable bonds is 6. The molecule has 0 spiro atoms. The molecule has 0 fully saturated rings. The Morgan fingerprint density at radius 2 is 1.62 bits per heavy atom. The van der Waals surface area contributed by atoms with Crippen molar-refractivity contribution in [3.05, 3.63) is 64.7 Å². The molecule has 2 atom stereocenters. The average Bonchev–Trinajstić information content (AvgIpc) is 2.72. The summed E-state index contributed by atoms with van der Waals surface area (Å²) >= 11 is 0. The Balaban J connectivity index is 2.40. The third-order valence-electron chi connectivity index (χ3n) is 5.07. The Morgan fingerprint density at radius 1 is 1.03 bits per heavy atom. The average molecular weight is 464 g/mol. The molecule has 0 aromatic heterocycles. The number of carbonyl (C=O) groups is 3. The van der Waals surface area contributed by atoms with Crippen LogP contribution in [-0.2, 0) is 14.3 Å². The molecule has 7 heteroatoms. The fourth-order valence-electron chi connectivity index (χ4n) is 3.48. The largest absolute Gasteiger partial charge is 0.444 e. The lowest BCUT2D eigenvalue weighted by molar-refractivity contribution is -0.136. The van der Waals surface area contributed by atoms with Crippen LogP contribution in [0.1, 0.15) is 56.0 Å². The van der Waals surface area contributed by atoms with E-state index in [1.165, 1.54) is 6.92 Å². The fourth-order valence-corrected chi connectivity index (χ4v) is 3.48. The maximum absolute atomic E-state index is 13.6. The van der Waals surface area contributed by atoms with Crippen LogP contribution in [0.5, 0.6) is 0 Å². The van der Waals surface area contributed by atoms with Gasteiger partial charge in [-0.25, -0.2) is 4.79 Å². The van der Waals surface area contributed by atoms with E-state index in [0.717, 1.165) is 21.6 Å². The highest BCUT2D eigenvalue weighted by Crippen LogP contribution is 2.27. The van der Waals surface area contributed by atoms with Gasteiger partial charge in [0.2, 0.25) is 0 Å². The lowest BCUT2D eigenvalue weighted by Gasteiger charge is -2.29. The number of nitrogens with zero attached hydrogens (tertiary/aromatic N) is 1. The zero-order chi connectivity index (χ0) is 25.6. The SMILES string of the molecule is C#CN(C(=O)C(C)NC(=O)OC(C)(C)C)C(C(=O)Nc1c(C)cccc1C)c1cccc(C)c1. The van der Waals surface area contributed by atoms with Crippen molar-refractivity contribution in [2.24, 2.45) is 0 Å². The predicted octanol–water partition coefficient (Wildman–Crippen LogP) is 4.62. The maximum Gasteiger partial charge on any atom is 0.408 e. The first kappa shape index (κ1) is 26.5. The monoisotopic (exact) mass is 463 g/mol. The number of terminal acetylenes is 1. The minimum Gasteiger partial charge on any atom is -0.444 e. The smallest absolute Gasteiger partial charge is 0.408 e. The van der Waals surface area contributed by atoms with E-state index in [1.807, 2.05) is 45.0 Å². The van der Waals surface area contributed by atoms with E-state index < -0.39 is 35.6 Å². The summed E-state index contributed by atoms with van der Waals surface area (Å²) in [5, 5.41) is 5.43. The summed E-state index contributed by atoms with van der Waals surface area (Å²) in [7, 11) is 0. The van der Waals surface area contributed by atoms with E-state index >= 15 is 0 Å². The number of benzene rings is 2. The highest BCUT2D eigenvalue weighted by Gasteiger charge is 2.34. The van der Waals surface area contributed by atoms with Crippen molar-refractivity contribution >= 4 is 23.6 Å². The van der Waals surface area contributed by atoms with Gasteiger partial charge in [0, 0.05) is 11.7 Å². The number of nitrogens with one attached hydrogen (secondary N) is 2. The van der Waals surface area contributed by atoms with Crippen molar-refractivity contribution in [1.29, 1.82) is 0 Å². The summed E-state index contributed by atoms with van der Waals surface area (Å²) in [4.78, 5) is 40.1. The summed E-state index contributed by atoms with van der Waals surface area (Å²) in [5.74, 6) is -1.07. The van der Waals surface area contributed by atoms with Gasteiger partial charge in [-0.1, -0.05) is 54.5 Å². The molecule has 0 radical (unpaired) electrons. The van der Waals surface area contributed by atoms with Gasteiger partial charge in [0.25, 0.3) is 11.8 Å². The minimum absolute atomic E-state index is 0.459. The summed E-state index contributed by atoms with van der Waals surface area (Å²) in [6.07, 6.45) is 4.99. The van der Waals surface area contributed by atoms with Gasteiger partial charge in [0.15, 0.2) is 0 Å². The van der Waals surface area contributed by atoms with Crippen molar-refractivity contribution in [3.63, 3.8) is 0 Å². The second-order valence-corrected chi connectivity index (χ2v) is 9.28. The van der Waals surface area contributed by atoms with Crippen LogP contribution in [0.15, 0.2) is 42.5 Å². The van der Waals surface area contributed by atoms with Crippen LogP contribution in [0.25, 0.3) is 0 Å².